The van der Waals surface area contributed by atoms with Crippen LogP contribution in [0.1, 0.15) is 11.6 Å². The maximum absolute atomic E-state index is 12.3. The summed E-state index contributed by atoms with van der Waals surface area (Å²) in [6.07, 6.45) is -2.86. The first-order valence-corrected chi connectivity index (χ1v) is 12.5. The van der Waals surface area contributed by atoms with Gasteiger partial charge in [-0.1, -0.05) is 46.4 Å². The predicted octanol–water partition coefficient (Wildman–Crippen LogP) is 6.03. The molecular formula is C20H10BCl4F6IN6O2. The molecule has 0 radical (unpaired) electrons. The van der Waals surface area contributed by atoms with Crippen LogP contribution in [0.5, 0.6) is 0 Å². The maximum Gasteiger partial charge on any atom is 0.491 e. The van der Waals surface area contributed by atoms with Gasteiger partial charge in [-0.2, -0.15) is 26.3 Å². The molecule has 0 spiro atoms. The van der Waals surface area contributed by atoms with Crippen molar-refractivity contribution in [3.63, 3.8) is 0 Å². The van der Waals surface area contributed by atoms with Crippen LogP contribution in [0.15, 0.2) is 49.3 Å². The summed E-state index contributed by atoms with van der Waals surface area (Å²) in [5, 5.41) is 18.6. The predicted molar refractivity (Wildman–Crippen MR) is 144 cm³/mol. The lowest BCUT2D eigenvalue weighted by molar-refractivity contribution is -0.145. The summed E-state index contributed by atoms with van der Waals surface area (Å²) in [6.45, 7) is 0. The van der Waals surface area contributed by atoms with Gasteiger partial charge in [-0.05, 0) is 34.7 Å². The zero-order valence-corrected chi connectivity index (χ0v) is 24.1. The van der Waals surface area contributed by atoms with Crippen LogP contribution in [0.4, 0.5) is 26.3 Å². The minimum Gasteiger partial charge on any atom is -0.423 e. The van der Waals surface area contributed by atoms with E-state index in [1.54, 1.807) is 6.07 Å². The molecule has 4 heterocycles. The third-order valence-corrected chi connectivity index (χ3v) is 6.26. The smallest absolute Gasteiger partial charge is 0.423 e. The fourth-order valence-electron chi connectivity index (χ4n) is 2.26. The molecule has 0 saturated carbocycles. The molecule has 0 saturated heterocycles. The molecule has 0 aliphatic heterocycles. The molecule has 0 bridgehead atoms. The molecule has 0 aliphatic rings. The fraction of sp³-hybridized carbons (Fsp3) is 0.100. The topological polar surface area (TPSA) is 118 Å². The quantitative estimate of drug-likeness (QED) is 0.110. The molecule has 4 aromatic heterocycles. The van der Waals surface area contributed by atoms with Crippen molar-refractivity contribution in [2.75, 3.05) is 0 Å². The number of rotatable bonds is 2. The number of alkyl halides is 6. The van der Waals surface area contributed by atoms with Gasteiger partial charge in [0.15, 0.2) is 0 Å². The third-order valence-electron chi connectivity index (χ3n) is 4.04. The molecule has 40 heavy (non-hydrogen) atoms. The monoisotopic (exact) mass is 758 g/mol. The van der Waals surface area contributed by atoms with Gasteiger partial charge in [0, 0.05) is 57.3 Å². The molecule has 0 aromatic carbocycles. The highest BCUT2D eigenvalue weighted by molar-refractivity contribution is 14.1. The van der Waals surface area contributed by atoms with Crippen molar-refractivity contribution in [1.29, 1.82) is 0 Å². The van der Waals surface area contributed by atoms with Crippen molar-refractivity contribution in [3.05, 3.63) is 84.9 Å². The SMILES string of the molecule is Clc1cc(I)c(Cl)cn1.FC(F)(F)c1ncc(-c2cc(Cl)ncc2Cl)cn1.OB(O)c1cnc(C(F)(F)F)nc1. The van der Waals surface area contributed by atoms with Crippen molar-refractivity contribution in [2.24, 2.45) is 0 Å². The van der Waals surface area contributed by atoms with E-state index in [2.05, 4.69) is 52.5 Å². The van der Waals surface area contributed by atoms with Gasteiger partial charge in [0.2, 0.25) is 11.6 Å². The Hall–Kier alpha value is -2.09. The molecule has 20 heteroatoms. The Kier molecular flexibility index (Phi) is 12.5. The summed E-state index contributed by atoms with van der Waals surface area (Å²) in [5.41, 5.74) is 0.565. The van der Waals surface area contributed by atoms with E-state index in [0.29, 0.717) is 33.7 Å². The van der Waals surface area contributed by atoms with Crippen LogP contribution in [-0.2, 0) is 12.4 Å². The number of hydrogen-bond acceptors (Lipinski definition) is 8. The standard InChI is InChI=1S/C10H4Cl2F3N3.C5H4BF3N2O2.C5H2Cl2IN/c11-7-4-16-8(12)1-6(7)5-2-17-9(18-3-5)10(13,14)15;7-5(8,9)4-10-1-3(2-11-4)6(12)13;6-3-2-9-5(7)1-4(3)8/h1-4H;1-2,12-13H;1-2H. The molecule has 0 amide bonds. The largest absolute Gasteiger partial charge is 0.491 e. The van der Waals surface area contributed by atoms with Gasteiger partial charge < -0.3 is 10.0 Å². The summed E-state index contributed by atoms with van der Waals surface area (Å²) in [6, 6.07) is 3.14. The fourth-order valence-corrected chi connectivity index (χ4v) is 3.51. The second-order valence-corrected chi connectivity index (χ2v) is 9.66. The number of aromatic nitrogens is 6. The Morgan fingerprint density at radius 3 is 1.45 bits per heavy atom. The van der Waals surface area contributed by atoms with E-state index >= 15 is 0 Å². The van der Waals surface area contributed by atoms with Crippen LogP contribution in [0.2, 0.25) is 20.4 Å². The Labute approximate surface area is 255 Å². The summed E-state index contributed by atoms with van der Waals surface area (Å²) in [7, 11) is -1.86. The third kappa shape index (κ3) is 10.7. The lowest BCUT2D eigenvalue weighted by atomic mass is 9.83. The lowest BCUT2D eigenvalue weighted by Crippen LogP contribution is -2.31. The van der Waals surface area contributed by atoms with Gasteiger partial charge in [0.05, 0.1) is 10.0 Å². The number of hydrogen-bond donors (Lipinski definition) is 2. The highest BCUT2D eigenvalue weighted by atomic mass is 127. The molecule has 0 fully saturated rings. The van der Waals surface area contributed by atoms with Gasteiger partial charge in [0.1, 0.15) is 10.3 Å². The Balaban J connectivity index is 0.000000224. The molecule has 2 N–H and O–H groups in total. The summed E-state index contributed by atoms with van der Waals surface area (Å²) in [5.74, 6) is -2.51. The Morgan fingerprint density at radius 2 is 1.05 bits per heavy atom. The van der Waals surface area contributed by atoms with E-state index in [-0.39, 0.29) is 15.6 Å². The summed E-state index contributed by atoms with van der Waals surface area (Å²) in [4.78, 5) is 19.8. The van der Waals surface area contributed by atoms with Crippen LogP contribution in [-0.4, -0.2) is 47.1 Å². The van der Waals surface area contributed by atoms with Crippen molar-refractivity contribution < 1.29 is 36.4 Å². The number of halogens is 11. The Bertz CT molecular complexity index is 1420. The lowest BCUT2D eigenvalue weighted by Gasteiger charge is -2.06. The molecule has 212 valence electrons. The van der Waals surface area contributed by atoms with Crippen LogP contribution in [0, 0.1) is 3.57 Å². The van der Waals surface area contributed by atoms with Gasteiger partial charge in [-0.3, -0.25) is 0 Å². The van der Waals surface area contributed by atoms with E-state index in [4.69, 9.17) is 56.5 Å². The van der Waals surface area contributed by atoms with Crippen molar-refractivity contribution >= 4 is 81.6 Å². The molecule has 4 aromatic rings. The van der Waals surface area contributed by atoms with Gasteiger partial charge in [-0.15, -0.1) is 0 Å². The van der Waals surface area contributed by atoms with Gasteiger partial charge in [-0.25, -0.2) is 29.9 Å². The van der Waals surface area contributed by atoms with E-state index in [0.717, 1.165) is 16.0 Å². The average Bonchev–Trinajstić information content (AvgIpc) is 2.88. The van der Waals surface area contributed by atoms with Crippen LogP contribution >= 0.6 is 69.0 Å². The second kappa shape index (κ2) is 14.7. The van der Waals surface area contributed by atoms with E-state index in [1.807, 2.05) is 0 Å². The highest BCUT2D eigenvalue weighted by Crippen LogP contribution is 2.30. The summed E-state index contributed by atoms with van der Waals surface area (Å²) < 4.78 is 73.4. The zero-order valence-electron chi connectivity index (χ0n) is 18.9. The molecular weight excluding hydrogens is 750 g/mol. The van der Waals surface area contributed by atoms with Crippen molar-refractivity contribution in [2.45, 2.75) is 12.4 Å². The highest BCUT2D eigenvalue weighted by Gasteiger charge is 2.35. The van der Waals surface area contributed by atoms with Gasteiger partial charge >= 0.3 is 19.5 Å². The maximum atomic E-state index is 12.3. The first kappa shape index (κ1) is 34.1. The average molecular weight is 760 g/mol. The van der Waals surface area contributed by atoms with Gasteiger partial charge in [0.25, 0.3) is 0 Å². The Morgan fingerprint density at radius 1 is 0.625 bits per heavy atom. The van der Waals surface area contributed by atoms with E-state index in [1.165, 1.54) is 18.5 Å². The minimum absolute atomic E-state index is 0.175. The molecule has 4 rings (SSSR count). The molecule has 8 nitrogen and oxygen atoms in total. The first-order chi connectivity index (χ1) is 18.5. The second-order valence-electron chi connectivity index (χ2n) is 6.91. The normalized spacial score (nSPS) is 11.1. The molecule has 0 unspecified atom stereocenters. The van der Waals surface area contributed by atoms with Crippen molar-refractivity contribution in [3.8, 4) is 11.1 Å². The first-order valence-electron chi connectivity index (χ1n) is 9.91. The molecule has 0 aliphatic carbocycles. The minimum atomic E-state index is -4.61. The number of pyridine rings is 2. The summed E-state index contributed by atoms with van der Waals surface area (Å²) >= 11 is 24.8. The zero-order chi connectivity index (χ0) is 30.3. The van der Waals surface area contributed by atoms with Crippen LogP contribution < -0.4 is 5.46 Å². The van der Waals surface area contributed by atoms with Crippen LogP contribution in [0.3, 0.4) is 0 Å². The van der Waals surface area contributed by atoms with Crippen molar-refractivity contribution in [1.82, 2.24) is 29.9 Å². The number of nitrogens with zero attached hydrogens (tertiary/aromatic N) is 6. The van der Waals surface area contributed by atoms with E-state index in [9.17, 15) is 26.3 Å². The molecule has 0 atom stereocenters. The van der Waals surface area contributed by atoms with E-state index < -0.39 is 31.1 Å². The van der Waals surface area contributed by atoms with Crippen LogP contribution in [0.25, 0.3) is 11.1 Å².